The second-order valence-corrected chi connectivity index (χ2v) is 7.75. The predicted molar refractivity (Wildman–Crippen MR) is 92.4 cm³/mol. The van der Waals surface area contributed by atoms with E-state index in [4.69, 9.17) is 0 Å². The van der Waals surface area contributed by atoms with Crippen LogP contribution < -0.4 is 0 Å². The van der Waals surface area contributed by atoms with Crippen molar-refractivity contribution in [3.05, 3.63) is 35.9 Å². The summed E-state index contributed by atoms with van der Waals surface area (Å²) in [5, 5.41) is 0. The molecule has 1 atom stereocenters. The largest absolute Gasteiger partial charge is 0.338 e. The van der Waals surface area contributed by atoms with Gasteiger partial charge in [0.25, 0.3) is 5.91 Å². The van der Waals surface area contributed by atoms with E-state index in [1.54, 1.807) is 0 Å². The quantitative estimate of drug-likeness (QED) is 0.803. The molecular weight excluding hydrogens is 284 g/mol. The topological polar surface area (TPSA) is 23.6 Å². The van der Waals surface area contributed by atoms with Crippen molar-refractivity contribution in [1.29, 1.82) is 0 Å². The SMILES string of the molecule is O=C(c1ccccc1)N1CC[C@@H](CN(CC2CC2)C2CCC2)C1. The van der Waals surface area contributed by atoms with Gasteiger partial charge in [0.1, 0.15) is 0 Å². The number of benzene rings is 1. The highest BCUT2D eigenvalue weighted by Crippen LogP contribution is 2.34. The number of hydrogen-bond donors (Lipinski definition) is 0. The van der Waals surface area contributed by atoms with Crippen LogP contribution in [0.3, 0.4) is 0 Å². The number of rotatable bonds is 6. The third-order valence-corrected chi connectivity index (χ3v) is 5.87. The van der Waals surface area contributed by atoms with Crippen LogP contribution in [0.1, 0.15) is 48.9 Å². The van der Waals surface area contributed by atoms with Crippen LogP contribution in [0.15, 0.2) is 30.3 Å². The van der Waals surface area contributed by atoms with Crippen molar-refractivity contribution in [2.24, 2.45) is 11.8 Å². The molecule has 0 spiro atoms. The summed E-state index contributed by atoms with van der Waals surface area (Å²) in [4.78, 5) is 17.4. The Morgan fingerprint density at radius 3 is 2.39 bits per heavy atom. The van der Waals surface area contributed by atoms with Gasteiger partial charge in [0, 0.05) is 37.8 Å². The number of hydrogen-bond acceptors (Lipinski definition) is 2. The predicted octanol–water partition coefficient (Wildman–Crippen LogP) is 3.41. The van der Waals surface area contributed by atoms with E-state index in [2.05, 4.69) is 9.80 Å². The highest BCUT2D eigenvalue weighted by molar-refractivity contribution is 5.94. The molecule has 0 bridgehead atoms. The molecule has 1 amide bonds. The first-order chi connectivity index (χ1) is 11.3. The second kappa shape index (κ2) is 6.64. The normalized spacial score (nSPS) is 24.9. The summed E-state index contributed by atoms with van der Waals surface area (Å²) < 4.78 is 0. The summed E-state index contributed by atoms with van der Waals surface area (Å²) in [6, 6.07) is 10.6. The number of nitrogens with zero attached hydrogens (tertiary/aromatic N) is 2. The van der Waals surface area contributed by atoms with Gasteiger partial charge in [-0.05, 0) is 56.1 Å². The van der Waals surface area contributed by atoms with Gasteiger partial charge in [0.05, 0.1) is 0 Å². The van der Waals surface area contributed by atoms with E-state index in [1.165, 1.54) is 51.6 Å². The summed E-state index contributed by atoms with van der Waals surface area (Å²) in [6.07, 6.45) is 8.25. The van der Waals surface area contributed by atoms with E-state index in [1.807, 2.05) is 30.3 Å². The molecule has 3 fully saturated rings. The van der Waals surface area contributed by atoms with Crippen molar-refractivity contribution in [1.82, 2.24) is 9.80 Å². The van der Waals surface area contributed by atoms with Crippen LogP contribution in [-0.4, -0.2) is 47.9 Å². The van der Waals surface area contributed by atoms with Crippen LogP contribution in [0.2, 0.25) is 0 Å². The Balaban J connectivity index is 1.33. The Bertz CT molecular complexity index is 536. The Labute approximate surface area is 139 Å². The first-order valence-electron chi connectivity index (χ1n) is 9.38. The van der Waals surface area contributed by atoms with E-state index >= 15 is 0 Å². The van der Waals surface area contributed by atoms with Crippen molar-refractivity contribution >= 4 is 5.91 Å². The number of carbonyl (C=O) groups excluding carboxylic acids is 1. The van der Waals surface area contributed by atoms with E-state index in [0.29, 0.717) is 5.92 Å². The van der Waals surface area contributed by atoms with E-state index in [0.717, 1.165) is 30.6 Å². The number of likely N-dealkylation sites (tertiary alicyclic amines) is 1. The van der Waals surface area contributed by atoms with Gasteiger partial charge in [-0.25, -0.2) is 0 Å². The first-order valence-corrected chi connectivity index (χ1v) is 9.38. The minimum Gasteiger partial charge on any atom is -0.338 e. The maximum absolute atomic E-state index is 12.6. The molecule has 1 saturated heterocycles. The number of carbonyl (C=O) groups is 1. The van der Waals surface area contributed by atoms with Gasteiger partial charge in [-0.15, -0.1) is 0 Å². The van der Waals surface area contributed by atoms with Gasteiger partial charge < -0.3 is 4.90 Å². The third kappa shape index (κ3) is 3.60. The van der Waals surface area contributed by atoms with Gasteiger partial charge in [-0.1, -0.05) is 24.6 Å². The smallest absolute Gasteiger partial charge is 0.253 e. The summed E-state index contributed by atoms with van der Waals surface area (Å²) in [6.45, 7) is 4.40. The first kappa shape index (κ1) is 15.2. The average molecular weight is 312 g/mol. The van der Waals surface area contributed by atoms with Crippen molar-refractivity contribution in [3.8, 4) is 0 Å². The van der Waals surface area contributed by atoms with Crippen LogP contribution in [0.25, 0.3) is 0 Å². The highest BCUT2D eigenvalue weighted by atomic mass is 16.2. The fourth-order valence-corrected chi connectivity index (χ4v) is 4.02. The standard InChI is InChI=1S/C20H28N2O/c23-20(18-5-2-1-3-6-18)21-12-11-17(14-21)15-22(13-16-9-10-16)19-7-4-8-19/h1-3,5-6,16-17,19H,4,7-15H2/t17-/m1/s1. The molecule has 23 heavy (non-hydrogen) atoms. The van der Waals surface area contributed by atoms with Crippen LogP contribution >= 0.6 is 0 Å². The molecule has 1 aromatic rings. The van der Waals surface area contributed by atoms with Crippen LogP contribution in [0, 0.1) is 11.8 Å². The molecule has 0 N–H and O–H groups in total. The Morgan fingerprint density at radius 1 is 1.00 bits per heavy atom. The molecule has 1 aliphatic heterocycles. The van der Waals surface area contributed by atoms with Gasteiger partial charge in [0.2, 0.25) is 0 Å². The van der Waals surface area contributed by atoms with Gasteiger partial charge in [-0.2, -0.15) is 0 Å². The molecule has 1 heterocycles. The Morgan fingerprint density at radius 2 is 1.74 bits per heavy atom. The van der Waals surface area contributed by atoms with E-state index in [9.17, 15) is 4.79 Å². The van der Waals surface area contributed by atoms with Crippen molar-refractivity contribution in [2.75, 3.05) is 26.2 Å². The molecular formula is C20H28N2O. The molecule has 3 heteroatoms. The van der Waals surface area contributed by atoms with Crippen molar-refractivity contribution in [3.63, 3.8) is 0 Å². The van der Waals surface area contributed by atoms with Crippen LogP contribution in [0.4, 0.5) is 0 Å². The highest BCUT2D eigenvalue weighted by Gasteiger charge is 2.34. The minimum absolute atomic E-state index is 0.213. The monoisotopic (exact) mass is 312 g/mol. The lowest BCUT2D eigenvalue weighted by Gasteiger charge is -2.39. The molecule has 4 rings (SSSR count). The molecule has 1 aromatic carbocycles. The molecule has 0 radical (unpaired) electrons. The molecule has 0 unspecified atom stereocenters. The molecule has 3 aliphatic rings. The zero-order valence-corrected chi connectivity index (χ0v) is 14.0. The maximum Gasteiger partial charge on any atom is 0.253 e. The summed E-state index contributed by atoms with van der Waals surface area (Å²) >= 11 is 0. The number of amides is 1. The van der Waals surface area contributed by atoms with Crippen LogP contribution in [-0.2, 0) is 0 Å². The molecule has 0 aromatic heterocycles. The van der Waals surface area contributed by atoms with Crippen molar-refractivity contribution in [2.45, 2.75) is 44.6 Å². The van der Waals surface area contributed by atoms with Gasteiger partial charge in [-0.3, -0.25) is 9.69 Å². The lowest BCUT2D eigenvalue weighted by Crippen LogP contribution is -2.44. The molecule has 124 valence electrons. The molecule has 2 aliphatic carbocycles. The Hall–Kier alpha value is -1.35. The molecule has 3 nitrogen and oxygen atoms in total. The fraction of sp³-hybridized carbons (Fsp3) is 0.650. The lowest BCUT2D eigenvalue weighted by atomic mass is 9.90. The fourth-order valence-electron chi connectivity index (χ4n) is 4.02. The second-order valence-electron chi connectivity index (χ2n) is 7.75. The summed E-state index contributed by atoms with van der Waals surface area (Å²) in [5.74, 6) is 1.85. The maximum atomic E-state index is 12.6. The minimum atomic E-state index is 0.213. The Kier molecular flexibility index (Phi) is 4.39. The van der Waals surface area contributed by atoms with Gasteiger partial charge >= 0.3 is 0 Å². The van der Waals surface area contributed by atoms with E-state index in [-0.39, 0.29) is 5.91 Å². The summed E-state index contributed by atoms with van der Waals surface area (Å²) in [5.41, 5.74) is 0.835. The zero-order valence-electron chi connectivity index (χ0n) is 14.0. The van der Waals surface area contributed by atoms with E-state index < -0.39 is 0 Å². The zero-order chi connectivity index (χ0) is 15.6. The lowest BCUT2D eigenvalue weighted by molar-refractivity contribution is 0.0766. The van der Waals surface area contributed by atoms with Crippen LogP contribution in [0.5, 0.6) is 0 Å². The van der Waals surface area contributed by atoms with Crippen molar-refractivity contribution < 1.29 is 4.79 Å². The average Bonchev–Trinajstić information content (AvgIpc) is 3.21. The summed E-state index contributed by atoms with van der Waals surface area (Å²) in [7, 11) is 0. The van der Waals surface area contributed by atoms with Gasteiger partial charge in [0.15, 0.2) is 0 Å². The molecule has 2 saturated carbocycles. The third-order valence-electron chi connectivity index (χ3n) is 5.87.